The Labute approximate surface area is 486 Å². The standard InChI is InChI=1S/C35H54O4S.C29H50O2.CH4O.2CH4.Mg.2H/c1-7-35(37)20-18-26-24(22-35)13-14-28-27(26)17-19-34(6)29(15-16-30(28)34)23(2)31(21-32(36)33(3,4)5)40(38,39)25-11-9-8-10-12-25;1-7-29(31)17-15-21-20(18-29)9-10-23-22(21)14-16-28(6)24(11-12-25(23)28)19(2)8-13-26(30)27(3,4)5;1-2;;;;;/h8-13,23,26-32,36-37H,7,14-22H2,1-6H3;9,19,21-26,30-31H,7-8,10-18H2,1-6H3;2H,1H3;2*1H4;;;/q;;;;;+2;2*-1/t23-,26-,27+,28+,29+,30-,31?,32?,34+,35-;19-,21+,22-,23-,24-,25+,26?,28-,29+;;;;;;/m01....../s1. The molecule has 0 bridgehead atoms. The number of aliphatic hydroxyl groups is 5. The summed E-state index contributed by atoms with van der Waals surface area (Å²) in [6.07, 6.45) is 27.0. The summed E-state index contributed by atoms with van der Waals surface area (Å²) in [6.45, 7) is 26.5. The fourth-order valence-electron chi connectivity index (χ4n) is 18.5. The molecule has 0 radical (unpaired) electrons. The van der Waals surface area contributed by atoms with Crippen LogP contribution in [-0.4, -0.2) is 92.8 Å². The molecule has 0 spiro atoms. The number of hydrogen-bond acceptors (Lipinski definition) is 7. The van der Waals surface area contributed by atoms with E-state index in [0.717, 1.165) is 107 Å². The molecule has 7 nitrogen and oxygen atoms in total. The quantitative estimate of drug-likeness (QED) is 0.104. The van der Waals surface area contributed by atoms with Crippen LogP contribution in [0.15, 0.2) is 58.5 Å². The van der Waals surface area contributed by atoms with E-state index < -0.39 is 32.4 Å². The monoisotopic (exact) mass is 1090 g/mol. The Kier molecular flexibility index (Phi) is 23.3. The summed E-state index contributed by atoms with van der Waals surface area (Å²) in [5.74, 6) is 7.85. The Morgan fingerprint density at radius 2 is 1.05 bits per heavy atom. The van der Waals surface area contributed by atoms with Gasteiger partial charge in [-0.25, -0.2) is 8.42 Å². The van der Waals surface area contributed by atoms with Crippen molar-refractivity contribution < 1.29 is 36.8 Å². The third-order valence-corrected chi connectivity index (χ3v) is 25.7. The summed E-state index contributed by atoms with van der Waals surface area (Å²) in [6, 6.07) is 8.92. The third-order valence-electron chi connectivity index (χ3n) is 23.4. The van der Waals surface area contributed by atoms with Gasteiger partial charge in [0.25, 0.3) is 0 Å². The van der Waals surface area contributed by atoms with Crippen molar-refractivity contribution in [3.8, 4) is 0 Å². The molecule has 76 heavy (non-hydrogen) atoms. The van der Waals surface area contributed by atoms with E-state index in [1.54, 1.807) is 29.8 Å². The minimum atomic E-state index is -3.60. The van der Waals surface area contributed by atoms with Gasteiger partial charge in [0.2, 0.25) is 0 Å². The van der Waals surface area contributed by atoms with Crippen LogP contribution >= 0.6 is 0 Å². The van der Waals surface area contributed by atoms with Crippen LogP contribution < -0.4 is 0 Å². The Hall–Kier alpha value is -0.784. The zero-order valence-electron chi connectivity index (χ0n) is 51.2. The molecule has 1 aromatic carbocycles. The van der Waals surface area contributed by atoms with Gasteiger partial charge >= 0.3 is 23.1 Å². The van der Waals surface area contributed by atoms with E-state index in [1.807, 2.05) is 26.8 Å². The van der Waals surface area contributed by atoms with E-state index in [-0.39, 0.29) is 75.4 Å². The molecule has 8 aliphatic carbocycles. The van der Waals surface area contributed by atoms with Crippen LogP contribution in [0.25, 0.3) is 0 Å². The molecule has 0 saturated heterocycles. The van der Waals surface area contributed by atoms with Crippen molar-refractivity contribution in [3.63, 3.8) is 0 Å². The number of hydrogen-bond donors (Lipinski definition) is 5. The fourth-order valence-corrected chi connectivity index (χ4v) is 20.6. The zero-order valence-corrected chi connectivity index (χ0v) is 51.4. The molecule has 6 fully saturated rings. The normalized spacial score (nSPS) is 38.5. The van der Waals surface area contributed by atoms with Crippen LogP contribution in [0.5, 0.6) is 0 Å². The second-order valence-corrected chi connectivity index (χ2v) is 31.1. The molecule has 6 saturated carbocycles. The van der Waals surface area contributed by atoms with E-state index in [2.05, 4.69) is 74.5 Å². The van der Waals surface area contributed by atoms with Gasteiger partial charge in [-0.2, -0.15) is 0 Å². The van der Waals surface area contributed by atoms with Gasteiger partial charge in [0.15, 0.2) is 9.84 Å². The first-order chi connectivity index (χ1) is 34.2. The Balaban J connectivity index is 0.000000499. The van der Waals surface area contributed by atoms with E-state index in [4.69, 9.17) is 5.11 Å². The third kappa shape index (κ3) is 13.5. The van der Waals surface area contributed by atoms with Gasteiger partial charge in [-0.15, -0.1) is 0 Å². The molecule has 9 rings (SSSR count). The Bertz CT molecular complexity index is 2180. The van der Waals surface area contributed by atoms with Gasteiger partial charge in [0, 0.05) is 7.11 Å². The van der Waals surface area contributed by atoms with Gasteiger partial charge in [-0.3, -0.25) is 0 Å². The molecule has 1 aromatic rings. The summed E-state index contributed by atoms with van der Waals surface area (Å²) in [5.41, 5.74) is 2.44. The average Bonchev–Trinajstić information content (AvgIpc) is 3.91. The first-order valence-corrected chi connectivity index (χ1v) is 31.7. The number of fused-ring (bicyclic) bond motifs is 10. The molecule has 0 heterocycles. The molecule has 436 valence electrons. The molecule has 8 aliphatic rings. The Morgan fingerprint density at radius 3 is 1.49 bits per heavy atom. The maximum atomic E-state index is 14.2. The molecular weight excluding hydrogens is 973 g/mol. The summed E-state index contributed by atoms with van der Waals surface area (Å²) in [7, 11) is -2.60. The number of sulfone groups is 1. The predicted octanol–water partition coefficient (Wildman–Crippen LogP) is 15.5. The molecular formula is C67H118MgO7S. The van der Waals surface area contributed by atoms with E-state index in [0.29, 0.717) is 45.8 Å². The van der Waals surface area contributed by atoms with Crippen molar-refractivity contribution >= 4 is 32.9 Å². The summed E-state index contributed by atoms with van der Waals surface area (Å²) in [4.78, 5) is 0.380. The van der Waals surface area contributed by atoms with E-state index in [1.165, 1.54) is 63.4 Å². The molecule has 5 N–H and O–H groups in total. The fraction of sp³-hybridized carbons (Fsp3) is 0.851. The summed E-state index contributed by atoms with van der Waals surface area (Å²) < 4.78 is 28.4. The van der Waals surface area contributed by atoms with Crippen molar-refractivity contribution in [1.82, 2.24) is 0 Å². The van der Waals surface area contributed by atoms with Crippen molar-refractivity contribution in [2.24, 2.45) is 92.7 Å². The Morgan fingerprint density at radius 1 is 0.618 bits per heavy atom. The maximum Gasteiger partial charge on any atom is 2.00 e. The van der Waals surface area contributed by atoms with Gasteiger partial charge in [0.1, 0.15) is 0 Å². The van der Waals surface area contributed by atoms with Gasteiger partial charge in [0.05, 0.1) is 33.6 Å². The number of rotatable bonds is 12. The van der Waals surface area contributed by atoms with Gasteiger partial charge in [-0.1, -0.05) is 139 Å². The van der Waals surface area contributed by atoms with Crippen LogP contribution in [0.4, 0.5) is 0 Å². The first-order valence-electron chi connectivity index (χ1n) is 30.1. The molecule has 9 heteroatoms. The minimum absolute atomic E-state index is 0. The van der Waals surface area contributed by atoms with Crippen molar-refractivity contribution in [3.05, 3.63) is 53.6 Å². The largest absolute Gasteiger partial charge is 2.00 e. The second kappa shape index (κ2) is 26.2. The van der Waals surface area contributed by atoms with Crippen LogP contribution in [0.2, 0.25) is 0 Å². The summed E-state index contributed by atoms with van der Waals surface area (Å²) in [5, 5.41) is 50.0. The van der Waals surface area contributed by atoms with Crippen LogP contribution in [0.3, 0.4) is 0 Å². The molecule has 0 amide bonds. The van der Waals surface area contributed by atoms with E-state index >= 15 is 0 Å². The second-order valence-electron chi connectivity index (χ2n) is 29.0. The number of allylic oxidation sites excluding steroid dienone is 2. The van der Waals surface area contributed by atoms with Gasteiger partial charge < -0.3 is 28.4 Å². The van der Waals surface area contributed by atoms with Crippen LogP contribution in [-0.2, 0) is 9.84 Å². The van der Waals surface area contributed by atoms with Crippen LogP contribution in [0.1, 0.15) is 236 Å². The molecule has 3 unspecified atom stereocenters. The number of aliphatic hydroxyl groups excluding tert-OH is 3. The van der Waals surface area contributed by atoms with Crippen molar-refractivity contribution in [1.29, 1.82) is 0 Å². The van der Waals surface area contributed by atoms with Crippen molar-refractivity contribution in [2.45, 2.75) is 266 Å². The summed E-state index contributed by atoms with van der Waals surface area (Å²) >= 11 is 0. The van der Waals surface area contributed by atoms with E-state index in [9.17, 15) is 28.8 Å². The molecule has 0 aromatic heterocycles. The topological polar surface area (TPSA) is 135 Å². The SMILES string of the molecule is C.C.CC[C@]1(O)CC[C@H]2C(=CC[C@@H]3[C@@H]2CC[C@]2(C)[C@@H]([C@H](C)C(CC(O)C(C)(C)C)S(=O)(=O)c4ccccc4)CC[C@@H]32)C1.CC[C@]1(O)CC[C@H]2C(=CC[C@@H]3[C@@H]2CC[C@]2(C)[C@@H]([C@H](C)CCC(O)C(C)(C)C)CC[C@@H]32)C1.CO.[H-].[H-].[Mg+2]. The van der Waals surface area contributed by atoms with Crippen molar-refractivity contribution in [2.75, 3.05) is 7.11 Å². The van der Waals surface area contributed by atoms with Crippen LogP contribution in [0, 0.1) is 92.7 Å². The smallest absolute Gasteiger partial charge is 1.00 e. The predicted molar refractivity (Wildman–Crippen MR) is 322 cm³/mol. The molecule has 19 atom stereocenters. The number of benzene rings is 1. The first kappa shape index (κ1) is 67.7. The minimum Gasteiger partial charge on any atom is -1.00 e. The average molecular weight is 1090 g/mol. The maximum absolute atomic E-state index is 14.2. The van der Waals surface area contributed by atoms with Gasteiger partial charge in [-0.05, 0) is 240 Å². The zero-order chi connectivity index (χ0) is 53.7. The molecule has 0 aliphatic heterocycles.